The minimum atomic E-state index is -0.344. The summed E-state index contributed by atoms with van der Waals surface area (Å²) in [6.07, 6.45) is 0.243. The number of hydrogen-bond acceptors (Lipinski definition) is 2. The van der Waals surface area contributed by atoms with Crippen LogP contribution < -0.4 is 10.2 Å². The number of amides is 2. The normalized spacial score (nSPS) is 16.7. The van der Waals surface area contributed by atoms with Crippen molar-refractivity contribution in [2.75, 3.05) is 16.8 Å². The third-order valence-corrected chi connectivity index (χ3v) is 5.17. The largest absolute Gasteiger partial charge is 0.326 e. The molecule has 3 aromatic rings. The van der Waals surface area contributed by atoms with Gasteiger partial charge in [0.2, 0.25) is 11.8 Å². The Morgan fingerprint density at radius 2 is 1.78 bits per heavy atom. The lowest BCUT2D eigenvalue weighted by atomic mass is 10.1. The van der Waals surface area contributed by atoms with E-state index in [2.05, 4.69) is 5.32 Å². The van der Waals surface area contributed by atoms with Gasteiger partial charge in [-0.05, 0) is 53.9 Å². The molecule has 1 aliphatic heterocycles. The molecular formula is C23H22N2O2. The summed E-state index contributed by atoms with van der Waals surface area (Å²) in [6.45, 7) is 4.42. The summed E-state index contributed by atoms with van der Waals surface area (Å²) >= 11 is 0. The van der Waals surface area contributed by atoms with Crippen LogP contribution in [-0.4, -0.2) is 18.4 Å². The molecular weight excluding hydrogens is 336 g/mol. The number of rotatable bonds is 3. The molecule has 1 saturated heterocycles. The van der Waals surface area contributed by atoms with E-state index in [1.807, 2.05) is 74.5 Å². The van der Waals surface area contributed by atoms with Gasteiger partial charge in [-0.15, -0.1) is 0 Å². The minimum absolute atomic E-state index is 0.00219. The molecule has 1 atom stereocenters. The maximum absolute atomic E-state index is 12.7. The average Bonchev–Trinajstić information content (AvgIpc) is 3.05. The van der Waals surface area contributed by atoms with Crippen molar-refractivity contribution in [2.45, 2.75) is 20.3 Å². The van der Waals surface area contributed by atoms with Crippen molar-refractivity contribution in [1.29, 1.82) is 0 Å². The summed E-state index contributed by atoms with van der Waals surface area (Å²) < 4.78 is 0. The van der Waals surface area contributed by atoms with Gasteiger partial charge >= 0.3 is 0 Å². The molecule has 0 bridgehead atoms. The SMILES string of the molecule is Cc1ccc(C)c(N2C[C@H](C(=O)Nc3ccc4ccccc4c3)CC2=O)c1. The number of nitrogens with zero attached hydrogens (tertiary/aromatic N) is 1. The third-order valence-electron chi connectivity index (χ3n) is 5.17. The zero-order chi connectivity index (χ0) is 19.0. The maximum atomic E-state index is 12.7. The highest BCUT2D eigenvalue weighted by Gasteiger charge is 2.35. The van der Waals surface area contributed by atoms with Crippen LogP contribution in [-0.2, 0) is 9.59 Å². The van der Waals surface area contributed by atoms with Gasteiger partial charge in [0, 0.05) is 24.3 Å². The van der Waals surface area contributed by atoms with Crippen LogP contribution in [0.1, 0.15) is 17.5 Å². The Kier molecular flexibility index (Phi) is 4.40. The smallest absolute Gasteiger partial charge is 0.229 e. The molecule has 4 heteroatoms. The number of hydrogen-bond donors (Lipinski definition) is 1. The first-order valence-electron chi connectivity index (χ1n) is 9.18. The number of carbonyl (C=O) groups is 2. The second kappa shape index (κ2) is 6.88. The van der Waals surface area contributed by atoms with Crippen molar-refractivity contribution in [3.05, 3.63) is 71.8 Å². The molecule has 0 radical (unpaired) electrons. The summed E-state index contributed by atoms with van der Waals surface area (Å²) in [6, 6.07) is 19.9. The third kappa shape index (κ3) is 3.43. The van der Waals surface area contributed by atoms with Crippen LogP contribution in [0.25, 0.3) is 10.8 Å². The molecule has 0 saturated carbocycles. The van der Waals surface area contributed by atoms with Crippen LogP contribution >= 0.6 is 0 Å². The zero-order valence-electron chi connectivity index (χ0n) is 15.5. The van der Waals surface area contributed by atoms with Crippen LogP contribution in [0.3, 0.4) is 0 Å². The van der Waals surface area contributed by atoms with E-state index in [1.54, 1.807) is 4.90 Å². The summed E-state index contributed by atoms with van der Waals surface area (Å²) in [4.78, 5) is 27.0. The molecule has 4 rings (SSSR count). The lowest BCUT2D eigenvalue weighted by Crippen LogP contribution is -2.28. The Balaban J connectivity index is 1.51. The van der Waals surface area contributed by atoms with Crippen LogP contribution in [0.15, 0.2) is 60.7 Å². The molecule has 136 valence electrons. The summed E-state index contributed by atoms with van der Waals surface area (Å²) in [5, 5.41) is 5.19. The minimum Gasteiger partial charge on any atom is -0.326 e. The van der Waals surface area contributed by atoms with E-state index in [0.29, 0.717) is 6.54 Å². The Morgan fingerprint density at radius 1 is 1.00 bits per heavy atom. The molecule has 3 aromatic carbocycles. The molecule has 0 unspecified atom stereocenters. The van der Waals surface area contributed by atoms with E-state index in [9.17, 15) is 9.59 Å². The second-order valence-electron chi connectivity index (χ2n) is 7.25. The fraction of sp³-hybridized carbons (Fsp3) is 0.217. The van der Waals surface area contributed by atoms with Gasteiger partial charge in [-0.1, -0.05) is 42.5 Å². The van der Waals surface area contributed by atoms with Crippen LogP contribution in [0.4, 0.5) is 11.4 Å². The van der Waals surface area contributed by atoms with Crippen molar-refractivity contribution >= 4 is 34.0 Å². The molecule has 27 heavy (non-hydrogen) atoms. The van der Waals surface area contributed by atoms with Gasteiger partial charge in [0.05, 0.1) is 5.92 Å². The molecule has 0 spiro atoms. The van der Waals surface area contributed by atoms with Gasteiger partial charge in [0.15, 0.2) is 0 Å². The standard InChI is InChI=1S/C23H22N2O2/c1-15-7-8-16(2)21(11-15)25-14-19(13-22(25)26)23(27)24-20-10-9-17-5-3-4-6-18(17)12-20/h3-12,19H,13-14H2,1-2H3,(H,24,27)/t19-/m1/s1. The number of benzene rings is 3. The molecule has 0 aromatic heterocycles. The Labute approximate surface area is 158 Å². The monoisotopic (exact) mass is 358 g/mol. The molecule has 0 aliphatic carbocycles. The van der Waals surface area contributed by atoms with Gasteiger partial charge in [-0.2, -0.15) is 0 Å². The first kappa shape index (κ1) is 17.3. The summed E-state index contributed by atoms with van der Waals surface area (Å²) in [5.41, 5.74) is 3.81. The van der Waals surface area contributed by atoms with Gasteiger partial charge in [0.25, 0.3) is 0 Å². The first-order valence-corrected chi connectivity index (χ1v) is 9.18. The average molecular weight is 358 g/mol. The molecule has 1 fully saturated rings. The van der Waals surface area contributed by atoms with E-state index in [4.69, 9.17) is 0 Å². The first-order chi connectivity index (χ1) is 13.0. The predicted molar refractivity (Wildman–Crippen MR) is 109 cm³/mol. The number of aryl methyl sites for hydroxylation is 2. The van der Waals surface area contributed by atoms with Crippen LogP contribution in [0, 0.1) is 19.8 Å². The number of carbonyl (C=O) groups excluding carboxylic acids is 2. The van der Waals surface area contributed by atoms with E-state index < -0.39 is 0 Å². The van der Waals surface area contributed by atoms with Crippen LogP contribution in [0.2, 0.25) is 0 Å². The fourth-order valence-corrected chi connectivity index (χ4v) is 3.64. The molecule has 1 aliphatic rings. The Hall–Kier alpha value is -3.14. The van der Waals surface area contributed by atoms with Crippen molar-refractivity contribution in [3.63, 3.8) is 0 Å². The molecule has 2 amide bonds. The van der Waals surface area contributed by atoms with E-state index >= 15 is 0 Å². The lowest BCUT2D eigenvalue weighted by Gasteiger charge is -2.19. The molecule has 4 nitrogen and oxygen atoms in total. The maximum Gasteiger partial charge on any atom is 0.229 e. The molecule has 1 heterocycles. The van der Waals surface area contributed by atoms with Gasteiger partial charge in [0.1, 0.15) is 0 Å². The van der Waals surface area contributed by atoms with Gasteiger partial charge in [-0.25, -0.2) is 0 Å². The lowest BCUT2D eigenvalue weighted by molar-refractivity contribution is -0.122. The quantitative estimate of drug-likeness (QED) is 0.752. The number of fused-ring (bicyclic) bond motifs is 1. The number of anilines is 2. The van der Waals surface area contributed by atoms with Crippen molar-refractivity contribution in [2.24, 2.45) is 5.92 Å². The van der Waals surface area contributed by atoms with E-state index in [1.165, 1.54) is 0 Å². The Morgan fingerprint density at radius 3 is 2.59 bits per heavy atom. The van der Waals surface area contributed by atoms with Crippen molar-refractivity contribution in [3.8, 4) is 0 Å². The highest BCUT2D eigenvalue weighted by molar-refractivity contribution is 6.04. The van der Waals surface area contributed by atoms with Gasteiger partial charge in [-0.3, -0.25) is 9.59 Å². The summed E-state index contributed by atoms with van der Waals surface area (Å²) in [7, 11) is 0. The molecule has 1 N–H and O–H groups in total. The van der Waals surface area contributed by atoms with E-state index in [-0.39, 0.29) is 24.2 Å². The summed E-state index contributed by atoms with van der Waals surface area (Å²) in [5.74, 6) is -0.447. The topological polar surface area (TPSA) is 49.4 Å². The highest BCUT2D eigenvalue weighted by atomic mass is 16.2. The second-order valence-corrected chi connectivity index (χ2v) is 7.25. The van der Waals surface area contributed by atoms with Crippen molar-refractivity contribution < 1.29 is 9.59 Å². The fourth-order valence-electron chi connectivity index (χ4n) is 3.64. The zero-order valence-corrected chi connectivity index (χ0v) is 15.5. The van der Waals surface area contributed by atoms with Gasteiger partial charge < -0.3 is 10.2 Å². The number of nitrogens with one attached hydrogen (secondary N) is 1. The van der Waals surface area contributed by atoms with Crippen molar-refractivity contribution in [1.82, 2.24) is 0 Å². The Bertz CT molecular complexity index is 1040. The van der Waals surface area contributed by atoms with Crippen LogP contribution in [0.5, 0.6) is 0 Å². The predicted octanol–water partition coefficient (Wildman–Crippen LogP) is 4.45. The highest BCUT2D eigenvalue weighted by Crippen LogP contribution is 2.29. The van der Waals surface area contributed by atoms with E-state index in [0.717, 1.165) is 33.3 Å².